The molecule has 1 atom stereocenters. The van der Waals surface area contributed by atoms with Crippen LogP contribution in [0.3, 0.4) is 0 Å². The molecule has 0 saturated heterocycles. The lowest BCUT2D eigenvalue weighted by molar-refractivity contribution is -0.156. The van der Waals surface area contributed by atoms with Crippen molar-refractivity contribution in [2.24, 2.45) is 5.11 Å². The summed E-state index contributed by atoms with van der Waals surface area (Å²) in [5.74, 6) is -0.837. The summed E-state index contributed by atoms with van der Waals surface area (Å²) >= 11 is 0.916. The number of hydrogen-bond acceptors (Lipinski definition) is 7. The van der Waals surface area contributed by atoms with Crippen molar-refractivity contribution in [3.8, 4) is 0 Å². The lowest BCUT2D eigenvalue weighted by Crippen LogP contribution is -2.42. The molecule has 0 aromatic heterocycles. The number of carbonyl (C=O) groups excluding carboxylic acids is 4. The van der Waals surface area contributed by atoms with Crippen LogP contribution in [0.4, 0.5) is 0 Å². The van der Waals surface area contributed by atoms with Crippen molar-refractivity contribution in [3.05, 3.63) is 10.4 Å². The number of amides is 2. The van der Waals surface area contributed by atoms with Crippen LogP contribution < -0.4 is 10.6 Å². The SMILES string of the molecule is CCCCCNC(=O)CCSC(=O)C(CC(=O)OC(C)(C)C)NC(=O)CCCCN=[N+]=[N-]. The first-order chi connectivity index (χ1) is 15.1. The van der Waals surface area contributed by atoms with Gasteiger partial charge in [-0.2, -0.15) is 0 Å². The first-order valence-electron chi connectivity index (χ1n) is 11.0. The number of esters is 1. The van der Waals surface area contributed by atoms with Crippen molar-refractivity contribution in [3.63, 3.8) is 0 Å². The monoisotopic (exact) mass is 471 g/mol. The number of ether oxygens (including phenoxy) is 1. The van der Waals surface area contributed by atoms with E-state index in [0.717, 1.165) is 31.0 Å². The van der Waals surface area contributed by atoms with Gasteiger partial charge >= 0.3 is 5.97 Å². The highest BCUT2D eigenvalue weighted by Gasteiger charge is 2.27. The van der Waals surface area contributed by atoms with Crippen LogP contribution in [0.1, 0.15) is 79.1 Å². The summed E-state index contributed by atoms with van der Waals surface area (Å²) in [6.07, 6.45) is 4.11. The molecule has 0 aliphatic carbocycles. The number of azide groups is 1. The average molecular weight is 472 g/mol. The molecule has 0 aliphatic heterocycles. The Balaban J connectivity index is 4.67. The van der Waals surface area contributed by atoms with Crippen LogP contribution in [0.25, 0.3) is 10.4 Å². The van der Waals surface area contributed by atoms with Crippen molar-refractivity contribution >= 4 is 34.7 Å². The fourth-order valence-corrected chi connectivity index (χ4v) is 3.39. The molecular weight excluding hydrogens is 434 g/mol. The number of rotatable bonds is 16. The highest BCUT2D eigenvalue weighted by atomic mass is 32.2. The fraction of sp³-hybridized carbons (Fsp3) is 0.810. The van der Waals surface area contributed by atoms with E-state index in [1.807, 2.05) is 0 Å². The van der Waals surface area contributed by atoms with Crippen molar-refractivity contribution in [2.45, 2.75) is 90.7 Å². The minimum Gasteiger partial charge on any atom is -0.460 e. The van der Waals surface area contributed by atoms with Crippen LogP contribution in [0.15, 0.2) is 5.11 Å². The molecule has 0 radical (unpaired) electrons. The number of unbranched alkanes of at least 4 members (excludes halogenated alkanes) is 3. The number of nitrogens with one attached hydrogen (secondary N) is 2. The van der Waals surface area contributed by atoms with E-state index in [1.165, 1.54) is 0 Å². The Hall–Kier alpha value is -2.26. The smallest absolute Gasteiger partial charge is 0.308 e. The van der Waals surface area contributed by atoms with Crippen molar-refractivity contribution in [1.29, 1.82) is 0 Å². The van der Waals surface area contributed by atoms with E-state index in [2.05, 4.69) is 27.6 Å². The van der Waals surface area contributed by atoms with Gasteiger partial charge in [0.25, 0.3) is 0 Å². The van der Waals surface area contributed by atoms with E-state index in [0.29, 0.717) is 25.9 Å². The molecule has 32 heavy (non-hydrogen) atoms. The van der Waals surface area contributed by atoms with E-state index in [1.54, 1.807) is 20.8 Å². The Bertz CT molecular complexity index is 659. The Morgan fingerprint density at radius 3 is 2.41 bits per heavy atom. The molecule has 1 unspecified atom stereocenters. The van der Waals surface area contributed by atoms with Crippen molar-refractivity contribution in [1.82, 2.24) is 10.6 Å². The fourth-order valence-electron chi connectivity index (χ4n) is 2.56. The Labute approximate surface area is 194 Å². The molecule has 0 heterocycles. The van der Waals surface area contributed by atoms with E-state index in [4.69, 9.17) is 10.3 Å². The van der Waals surface area contributed by atoms with Gasteiger partial charge in [0.05, 0.1) is 6.42 Å². The predicted octanol–water partition coefficient (Wildman–Crippen LogP) is 3.64. The first kappa shape index (κ1) is 29.7. The van der Waals surface area contributed by atoms with Gasteiger partial charge in [-0.25, -0.2) is 0 Å². The zero-order valence-corrected chi connectivity index (χ0v) is 20.5. The molecule has 0 rings (SSSR count). The van der Waals surface area contributed by atoms with E-state index >= 15 is 0 Å². The topological polar surface area (TPSA) is 150 Å². The molecule has 0 aliphatic rings. The summed E-state index contributed by atoms with van der Waals surface area (Å²) in [6, 6.07) is -1.04. The van der Waals surface area contributed by atoms with Crippen LogP contribution >= 0.6 is 11.8 Å². The summed E-state index contributed by atoms with van der Waals surface area (Å²) in [4.78, 5) is 51.5. The standard InChI is InChI=1S/C21H37N5O5S/c1-5-6-8-12-23-17(27)11-14-32-20(30)16(15-19(29)31-21(2,3)4)25-18(28)10-7-9-13-24-26-22/h16H,5-15H2,1-4H3,(H,23,27)(H,25,28). The van der Waals surface area contributed by atoms with Crippen LogP contribution in [0.2, 0.25) is 0 Å². The summed E-state index contributed by atoms with van der Waals surface area (Å²) in [6.45, 7) is 8.15. The number of hydrogen-bond donors (Lipinski definition) is 2. The Morgan fingerprint density at radius 1 is 1.06 bits per heavy atom. The molecule has 11 heteroatoms. The van der Waals surface area contributed by atoms with Crippen molar-refractivity contribution < 1.29 is 23.9 Å². The number of nitrogens with zero attached hydrogens (tertiary/aromatic N) is 3. The van der Waals surface area contributed by atoms with E-state index < -0.39 is 22.7 Å². The Morgan fingerprint density at radius 2 is 1.78 bits per heavy atom. The van der Waals surface area contributed by atoms with Crippen LogP contribution in [0.5, 0.6) is 0 Å². The van der Waals surface area contributed by atoms with Crippen LogP contribution in [-0.2, 0) is 23.9 Å². The second-order valence-corrected chi connectivity index (χ2v) is 9.40. The van der Waals surface area contributed by atoms with Gasteiger partial charge in [-0.3, -0.25) is 19.2 Å². The molecule has 0 fully saturated rings. The van der Waals surface area contributed by atoms with Gasteiger partial charge in [0.15, 0.2) is 0 Å². The normalized spacial score (nSPS) is 11.8. The van der Waals surface area contributed by atoms with Gasteiger partial charge in [-0.15, -0.1) is 0 Å². The zero-order valence-electron chi connectivity index (χ0n) is 19.6. The van der Waals surface area contributed by atoms with E-state index in [-0.39, 0.29) is 36.8 Å². The summed E-state index contributed by atoms with van der Waals surface area (Å²) < 4.78 is 5.27. The van der Waals surface area contributed by atoms with Gasteiger partial charge < -0.3 is 15.4 Å². The van der Waals surface area contributed by atoms with Crippen LogP contribution in [0, 0.1) is 0 Å². The minimum atomic E-state index is -1.04. The van der Waals surface area contributed by atoms with Gasteiger partial charge in [0, 0.05) is 36.6 Å². The summed E-state index contributed by atoms with van der Waals surface area (Å²) in [7, 11) is 0. The lowest BCUT2D eigenvalue weighted by Gasteiger charge is -2.22. The summed E-state index contributed by atoms with van der Waals surface area (Å²) in [5, 5.41) is 8.42. The number of thioether (sulfide) groups is 1. The molecule has 182 valence electrons. The number of carbonyl (C=O) groups is 4. The van der Waals surface area contributed by atoms with Gasteiger partial charge in [0.1, 0.15) is 11.6 Å². The third-order valence-electron chi connectivity index (χ3n) is 4.06. The van der Waals surface area contributed by atoms with Gasteiger partial charge in [0.2, 0.25) is 16.9 Å². The molecule has 0 spiro atoms. The molecule has 0 aromatic carbocycles. The molecule has 2 N–H and O–H groups in total. The van der Waals surface area contributed by atoms with E-state index in [9.17, 15) is 19.2 Å². The zero-order chi connectivity index (χ0) is 24.4. The molecule has 0 aromatic rings. The quantitative estimate of drug-likeness (QED) is 0.115. The molecule has 0 saturated carbocycles. The van der Waals surface area contributed by atoms with Gasteiger partial charge in [-0.05, 0) is 45.6 Å². The molecular formula is C21H37N5O5S. The maximum Gasteiger partial charge on any atom is 0.308 e. The summed E-state index contributed by atoms with van der Waals surface area (Å²) in [5.41, 5.74) is 7.55. The second-order valence-electron chi connectivity index (χ2n) is 8.30. The maximum absolute atomic E-state index is 12.6. The van der Waals surface area contributed by atoms with Crippen molar-refractivity contribution in [2.75, 3.05) is 18.8 Å². The first-order valence-corrected chi connectivity index (χ1v) is 12.0. The predicted molar refractivity (Wildman–Crippen MR) is 125 cm³/mol. The largest absolute Gasteiger partial charge is 0.460 e. The maximum atomic E-state index is 12.6. The third kappa shape index (κ3) is 17.4. The molecule has 10 nitrogen and oxygen atoms in total. The van der Waals surface area contributed by atoms with Crippen LogP contribution in [-0.4, -0.2) is 53.4 Å². The average Bonchev–Trinajstić information content (AvgIpc) is 2.69. The molecule has 0 bridgehead atoms. The third-order valence-corrected chi connectivity index (χ3v) is 5.04. The lowest BCUT2D eigenvalue weighted by atomic mass is 10.1. The highest BCUT2D eigenvalue weighted by molar-refractivity contribution is 8.13. The second kappa shape index (κ2) is 17.3. The highest BCUT2D eigenvalue weighted by Crippen LogP contribution is 2.14. The minimum absolute atomic E-state index is 0.130. The molecule has 2 amide bonds. The Kier molecular flexibility index (Phi) is 16.1. The van der Waals surface area contributed by atoms with Gasteiger partial charge in [-0.1, -0.05) is 36.6 Å².